The molecule has 6 saturated heterocycles. The van der Waals surface area contributed by atoms with E-state index >= 15 is 0 Å². The molecule has 0 N–H and O–H groups in total. The van der Waals surface area contributed by atoms with Crippen LogP contribution in [0.4, 0.5) is 17.5 Å². The molecule has 18 nitrogen and oxygen atoms in total. The van der Waals surface area contributed by atoms with Crippen molar-refractivity contribution in [3.8, 4) is 0 Å². The number of aromatic nitrogens is 9. The highest BCUT2D eigenvalue weighted by Gasteiger charge is 2.42. The fourth-order valence-electron chi connectivity index (χ4n) is 18.8. The average Bonchev–Trinajstić information content (AvgIpc) is 1.61. The number of likely N-dealkylation sites (N-methyl/N-ethyl adjacent to an activating group) is 1. The number of likely N-dealkylation sites (tertiary alicyclic amines) is 3. The first-order valence-corrected chi connectivity index (χ1v) is 38.1. The lowest BCUT2D eigenvalue weighted by Gasteiger charge is -2.39. The van der Waals surface area contributed by atoms with Crippen LogP contribution in [-0.2, 0) is 25.9 Å². The lowest BCUT2D eigenvalue weighted by molar-refractivity contribution is 0.108. The van der Waals surface area contributed by atoms with Gasteiger partial charge in [0.1, 0.15) is 34.4 Å². The predicted molar refractivity (Wildman–Crippen MR) is 398 cm³/mol. The molecule has 0 bridgehead atoms. The Morgan fingerprint density at radius 2 is 0.808 bits per heavy atom. The summed E-state index contributed by atoms with van der Waals surface area (Å²) >= 11 is 0. The van der Waals surface area contributed by atoms with Crippen LogP contribution in [-0.4, -0.2) is 179 Å². The van der Waals surface area contributed by atoms with Crippen LogP contribution in [0.5, 0.6) is 0 Å². The summed E-state index contributed by atoms with van der Waals surface area (Å²) in [5.74, 6) is 4.90. The molecule has 0 spiro atoms. The lowest BCUT2D eigenvalue weighted by atomic mass is 9.89. The predicted octanol–water partition coefficient (Wildman–Crippen LogP) is 13.5. The van der Waals surface area contributed by atoms with Gasteiger partial charge in [-0.1, -0.05) is 57.2 Å². The molecule has 0 aromatic carbocycles. The van der Waals surface area contributed by atoms with E-state index < -0.39 is 0 Å². The first kappa shape index (κ1) is 66.2. The molecule has 1 aliphatic carbocycles. The summed E-state index contributed by atoms with van der Waals surface area (Å²) in [6, 6.07) is 31.0. The van der Waals surface area contributed by atoms with Gasteiger partial charge in [-0.25, -0.2) is 15.0 Å². The Balaban J connectivity index is 0.686. The van der Waals surface area contributed by atoms with E-state index in [9.17, 15) is 0 Å². The number of imidazole rings is 3. The van der Waals surface area contributed by atoms with Gasteiger partial charge in [0.2, 0.25) is 0 Å². The van der Waals surface area contributed by atoms with Gasteiger partial charge in [0.25, 0.3) is 0 Å². The van der Waals surface area contributed by atoms with E-state index in [1.54, 1.807) is 0 Å². The van der Waals surface area contributed by atoms with Crippen LogP contribution >= 0.6 is 0 Å². The van der Waals surface area contributed by atoms with Crippen molar-refractivity contribution in [1.82, 2.24) is 72.5 Å². The SMILES string of the molecule is CCc1c([C@H]2CCC[C@@H](c3ncccc3C)N2C)nc2c(CN3CCN(c4cccc5nc([C@H]6CCC[C@@H](c7ncccc7C)N6C)c(C6CC6)n45)CC3)ccc(N3CCN(Cc4ccc(N5CCN(C)CC5)n5c(CC(C)C)c([C@H]6CCC[C@@H](c7ncccc7C)N6C)nc45)CC3)n12. The van der Waals surface area contributed by atoms with Crippen LogP contribution in [0.15, 0.2) is 97.5 Å². The molecule has 1 saturated carbocycles. The second-order valence-electron chi connectivity index (χ2n) is 31.1. The summed E-state index contributed by atoms with van der Waals surface area (Å²) in [5, 5.41) is 0. The summed E-state index contributed by atoms with van der Waals surface area (Å²) in [6.45, 7) is 27.3. The van der Waals surface area contributed by atoms with E-state index in [1.807, 2.05) is 18.6 Å². The molecule has 99 heavy (non-hydrogen) atoms. The van der Waals surface area contributed by atoms with Crippen LogP contribution in [0.1, 0.15) is 213 Å². The molecule has 522 valence electrons. The number of rotatable bonds is 17. The zero-order valence-electron chi connectivity index (χ0n) is 61.0. The van der Waals surface area contributed by atoms with Crippen molar-refractivity contribution in [2.75, 3.05) is 121 Å². The number of hydrogen-bond acceptors (Lipinski definition) is 15. The number of nitrogens with zero attached hydrogens (tertiary/aromatic N) is 18. The first-order valence-electron chi connectivity index (χ1n) is 38.1. The molecule has 6 atom stereocenters. The molecule has 9 aromatic rings. The minimum Gasteiger partial charge on any atom is -0.355 e. The Bertz CT molecular complexity index is 4340. The van der Waals surface area contributed by atoms with Crippen molar-refractivity contribution < 1.29 is 0 Å². The van der Waals surface area contributed by atoms with E-state index in [-0.39, 0.29) is 30.2 Å². The maximum atomic E-state index is 5.95. The molecule has 16 rings (SSSR count). The standard InChI is InChI=1S/C81H108N18/c1-11-61-76(65-25-12-22-62(89(65)8)73-55(4)19-16-36-82-73)86-80-59(52-92-41-47-95(48-42-92)70-29-15-28-69-85-78(79(99(69)70)58-30-31-58)67-27-14-24-64(91(67)10)75-57(6)21-18-38-84-75)32-34-71(97(61)80)96-49-43-93(44-50-96)53-60-33-35-72(94-45-39-88(7)40-46-94)98-68(51-54(2)3)77(87-81(60)98)66-26-13-23-63(90(66)9)74-56(5)20-17-37-83-74/h15-21,28-29,32-38,54,58,62-67H,11-14,22-27,30-31,39-53H2,1-10H3/t62-,63-,64-,65+,66+,67+/m0/s1. The van der Waals surface area contributed by atoms with Crippen LogP contribution in [0.3, 0.4) is 0 Å². The molecule has 6 aliphatic heterocycles. The third kappa shape index (κ3) is 12.5. The highest BCUT2D eigenvalue weighted by Crippen LogP contribution is 2.50. The summed E-state index contributed by atoms with van der Waals surface area (Å²) in [7, 11) is 9.28. The van der Waals surface area contributed by atoms with Gasteiger partial charge in [0, 0.05) is 139 Å². The fraction of sp³-hybridized carbons (Fsp3) is 0.556. The van der Waals surface area contributed by atoms with Crippen molar-refractivity contribution in [1.29, 1.82) is 0 Å². The van der Waals surface area contributed by atoms with Gasteiger partial charge in [0.15, 0.2) is 0 Å². The number of hydrogen-bond donors (Lipinski definition) is 0. The quantitative estimate of drug-likeness (QED) is 0.0859. The summed E-state index contributed by atoms with van der Waals surface area (Å²) < 4.78 is 7.85. The van der Waals surface area contributed by atoms with Gasteiger partial charge < -0.3 is 19.6 Å². The average molecular weight is 1330 g/mol. The molecule has 0 unspecified atom stereocenters. The summed E-state index contributed by atoms with van der Waals surface area (Å²) in [5.41, 5.74) is 21.5. The lowest BCUT2D eigenvalue weighted by Crippen LogP contribution is -2.47. The smallest absolute Gasteiger partial charge is 0.143 e. The molecule has 7 aliphatic rings. The van der Waals surface area contributed by atoms with Crippen LogP contribution in [0, 0.1) is 26.7 Å². The molecule has 0 amide bonds. The highest BCUT2D eigenvalue weighted by molar-refractivity contribution is 5.63. The Morgan fingerprint density at radius 1 is 0.404 bits per heavy atom. The molecule has 7 fully saturated rings. The summed E-state index contributed by atoms with van der Waals surface area (Å²) in [6.07, 6.45) is 20.4. The van der Waals surface area contributed by atoms with Gasteiger partial charge in [-0.3, -0.25) is 52.7 Å². The van der Waals surface area contributed by atoms with Crippen LogP contribution in [0.2, 0.25) is 0 Å². The van der Waals surface area contributed by atoms with E-state index in [1.165, 1.54) is 116 Å². The van der Waals surface area contributed by atoms with E-state index in [2.05, 4.69) is 206 Å². The van der Waals surface area contributed by atoms with Crippen molar-refractivity contribution in [3.05, 3.63) is 177 Å². The Morgan fingerprint density at radius 3 is 1.23 bits per heavy atom. The number of aryl methyl sites for hydroxylation is 4. The Hall–Kier alpha value is -7.32. The zero-order valence-corrected chi connectivity index (χ0v) is 61.0. The molecular formula is C81H108N18. The summed E-state index contributed by atoms with van der Waals surface area (Å²) in [4.78, 5) is 56.2. The third-order valence-corrected chi connectivity index (χ3v) is 24.4. The van der Waals surface area contributed by atoms with Crippen LogP contribution < -0.4 is 14.7 Å². The van der Waals surface area contributed by atoms with Crippen molar-refractivity contribution in [2.45, 2.75) is 180 Å². The van der Waals surface area contributed by atoms with Gasteiger partial charge in [-0.15, -0.1) is 0 Å². The Kier molecular flexibility index (Phi) is 18.7. The van der Waals surface area contributed by atoms with Gasteiger partial charge >= 0.3 is 0 Å². The zero-order chi connectivity index (χ0) is 67.7. The van der Waals surface area contributed by atoms with Gasteiger partial charge in [0.05, 0.1) is 76.1 Å². The number of piperazine rings is 3. The molecule has 15 heterocycles. The molecular weight excluding hydrogens is 1230 g/mol. The second kappa shape index (κ2) is 27.9. The number of piperidine rings is 3. The Labute approximate surface area is 588 Å². The first-order chi connectivity index (χ1) is 48.3. The maximum Gasteiger partial charge on any atom is 0.143 e. The maximum absolute atomic E-state index is 5.95. The van der Waals surface area contributed by atoms with Gasteiger partial charge in [-0.05, 0) is 198 Å². The molecule has 18 heteroatoms. The normalized spacial score (nSPS) is 24.1. The van der Waals surface area contributed by atoms with Crippen molar-refractivity contribution in [2.24, 2.45) is 5.92 Å². The molecule has 0 radical (unpaired) electrons. The van der Waals surface area contributed by atoms with E-state index in [0.29, 0.717) is 17.9 Å². The van der Waals surface area contributed by atoms with E-state index in [0.717, 1.165) is 173 Å². The minimum atomic E-state index is 0.187. The fourth-order valence-corrected chi connectivity index (χ4v) is 18.8. The number of fused-ring (bicyclic) bond motifs is 3. The second-order valence-corrected chi connectivity index (χ2v) is 31.1. The van der Waals surface area contributed by atoms with E-state index in [4.69, 9.17) is 29.9 Å². The molecule has 9 aromatic heterocycles. The number of anilines is 3. The van der Waals surface area contributed by atoms with Crippen LogP contribution in [0.25, 0.3) is 16.9 Å². The van der Waals surface area contributed by atoms with Crippen molar-refractivity contribution >= 4 is 34.4 Å². The largest absolute Gasteiger partial charge is 0.355 e. The highest BCUT2D eigenvalue weighted by atomic mass is 15.3. The number of pyridine rings is 6. The minimum absolute atomic E-state index is 0.187. The topological polar surface area (TPSA) is 120 Å². The monoisotopic (exact) mass is 1330 g/mol. The third-order valence-electron chi connectivity index (χ3n) is 24.4. The van der Waals surface area contributed by atoms with Gasteiger partial charge in [-0.2, -0.15) is 0 Å². The van der Waals surface area contributed by atoms with Crippen molar-refractivity contribution in [3.63, 3.8) is 0 Å².